The molecule has 3 aromatic carbocycles. The van der Waals surface area contributed by atoms with Crippen molar-refractivity contribution in [2.75, 3.05) is 17.7 Å². The van der Waals surface area contributed by atoms with Crippen molar-refractivity contribution in [1.82, 2.24) is 0 Å². The molecule has 2 N–H and O–H groups in total. The summed E-state index contributed by atoms with van der Waals surface area (Å²) in [6, 6.07) is 22.5. The summed E-state index contributed by atoms with van der Waals surface area (Å²) in [4.78, 5) is 25.0. The molecule has 26 heavy (non-hydrogen) atoms. The van der Waals surface area contributed by atoms with Gasteiger partial charge in [0, 0.05) is 22.9 Å². The molecule has 0 aliphatic heterocycles. The lowest BCUT2D eigenvalue weighted by Crippen LogP contribution is -2.21. The van der Waals surface area contributed by atoms with Crippen LogP contribution in [0.4, 0.5) is 16.2 Å². The SMILES string of the molecule is COc1cccc(NC(=O)Nc2ccccc2C(=O)c2ccccc2)c1. The minimum atomic E-state index is -0.438. The molecule has 2 amide bonds. The van der Waals surface area contributed by atoms with E-state index in [0.717, 1.165) is 0 Å². The first-order valence-corrected chi connectivity index (χ1v) is 8.08. The maximum atomic E-state index is 12.7. The Morgan fingerprint density at radius 1 is 0.808 bits per heavy atom. The summed E-state index contributed by atoms with van der Waals surface area (Å²) in [7, 11) is 1.56. The number of anilines is 2. The Bertz CT molecular complexity index is 923. The number of nitrogens with one attached hydrogen (secondary N) is 2. The van der Waals surface area contributed by atoms with Crippen LogP contribution in [0.1, 0.15) is 15.9 Å². The Hall–Kier alpha value is -3.60. The average Bonchev–Trinajstić information content (AvgIpc) is 2.68. The first kappa shape index (κ1) is 17.2. The van der Waals surface area contributed by atoms with E-state index in [-0.39, 0.29) is 5.78 Å². The third-order valence-electron chi connectivity index (χ3n) is 3.78. The standard InChI is InChI=1S/C21H18N2O3/c1-26-17-11-7-10-16(14-17)22-21(25)23-19-13-6-5-12-18(19)20(24)15-8-3-2-4-9-15/h2-14H,1H3,(H2,22,23,25). The highest BCUT2D eigenvalue weighted by atomic mass is 16.5. The lowest BCUT2D eigenvalue weighted by Gasteiger charge is -2.12. The number of methoxy groups -OCH3 is 1. The van der Waals surface area contributed by atoms with Gasteiger partial charge in [-0.15, -0.1) is 0 Å². The second-order valence-electron chi connectivity index (χ2n) is 5.55. The van der Waals surface area contributed by atoms with E-state index in [2.05, 4.69) is 10.6 Å². The number of urea groups is 1. The number of para-hydroxylation sites is 1. The maximum Gasteiger partial charge on any atom is 0.323 e. The smallest absolute Gasteiger partial charge is 0.323 e. The van der Waals surface area contributed by atoms with E-state index in [4.69, 9.17) is 4.74 Å². The number of benzene rings is 3. The number of ether oxygens (including phenoxy) is 1. The Kier molecular flexibility index (Phi) is 5.29. The number of carbonyl (C=O) groups is 2. The van der Waals surface area contributed by atoms with Crippen LogP contribution in [-0.4, -0.2) is 18.9 Å². The zero-order valence-electron chi connectivity index (χ0n) is 14.2. The number of carbonyl (C=O) groups excluding carboxylic acids is 2. The average molecular weight is 346 g/mol. The van der Waals surface area contributed by atoms with Crippen LogP contribution in [0.15, 0.2) is 78.9 Å². The zero-order valence-corrected chi connectivity index (χ0v) is 14.2. The first-order valence-electron chi connectivity index (χ1n) is 8.08. The molecule has 0 atom stereocenters. The lowest BCUT2D eigenvalue weighted by molar-refractivity contribution is 0.103. The molecule has 0 aliphatic carbocycles. The summed E-state index contributed by atoms with van der Waals surface area (Å²) in [6.07, 6.45) is 0. The van der Waals surface area contributed by atoms with Crippen molar-refractivity contribution in [1.29, 1.82) is 0 Å². The van der Waals surface area contributed by atoms with Gasteiger partial charge in [-0.1, -0.05) is 48.5 Å². The van der Waals surface area contributed by atoms with Gasteiger partial charge in [-0.3, -0.25) is 4.79 Å². The highest BCUT2D eigenvalue weighted by molar-refractivity contribution is 6.14. The van der Waals surface area contributed by atoms with Gasteiger partial charge in [-0.05, 0) is 24.3 Å². The molecule has 0 unspecified atom stereocenters. The third kappa shape index (κ3) is 4.08. The van der Waals surface area contributed by atoms with Gasteiger partial charge >= 0.3 is 6.03 Å². The Balaban J connectivity index is 1.77. The van der Waals surface area contributed by atoms with Gasteiger partial charge in [0.1, 0.15) is 5.75 Å². The van der Waals surface area contributed by atoms with Gasteiger partial charge in [0.2, 0.25) is 0 Å². The molecule has 3 rings (SSSR count). The minimum Gasteiger partial charge on any atom is -0.497 e. The highest BCUT2D eigenvalue weighted by Gasteiger charge is 2.14. The van der Waals surface area contributed by atoms with Crippen molar-refractivity contribution in [2.24, 2.45) is 0 Å². The van der Waals surface area contributed by atoms with E-state index in [0.29, 0.717) is 28.3 Å². The molecule has 0 aliphatic rings. The molecule has 0 saturated carbocycles. The monoisotopic (exact) mass is 346 g/mol. The molecular formula is C21H18N2O3. The fourth-order valence-corrected chi connectivity index (χ4v) is 2.52. The Labute approximate surface area is 151 Å². The van der Waals surface area contributed by atoms with Gasteiger partial charge in [-0.25, -0.2) is 4.79 Å². The largest absolute Gasteiger partial charge is 0.497 e. The second-order valence-corrected chi connectivity index (χ2v) is 5.55. The van der Waals surface area contributed by atoms with Crippen molar-refractivity contribution in [3.8, 4) is 5.75 Å². The zero-order chi connectivity index (χ0) is 18.4. The summed E-state index contributed by atoms with van der Waals surface area (Å²) in [6.45, 7) is 0. The third-order valence-corrected chi connectivity index (χ3v) is 3.78. The molecule has 0 radical (unpaired) electrons. The van der Waals surface area contributed by atoms with Crippen LogP contribution >= 0.6 is 0 Å². The normalized spacial score (nSPS) is 10.0. The van der Waals surface area contributed by atoms with Crippen LogP contribution in [0.25, 0.3) is 0 Å². The van der Waals surface area contributed by atoms with Crippen LogP contribution in [-0.2, 0) is 0 Å². The molecule has 5 nitrogen and oxygen atoms in total. The first-order chi connectivity index (χ1) is 12.7. The van der Waals surface area contributed by atoms with Gasteiger partial charge < -0.3 is 15.4 Å². The van der Waals surface area contributed by atoms with Crippen LogP contribution in [0, 0.1) is 0 Å². The van der Waals surface area contributed by atoms with Crippen molar-refractivity contribution in [3.63, 3.8) is 0 Å². The summed E-state index contributed by atoms with van der Waals surface area (Å²) in [5.41, 5.74) is 2.03. The molecule has 0 saturated heterocycles. The number of hydrogen-bond acceptors (Lipinski definition) is 3. The Morgan fingerprint density at radius 3 is 2.31 bits per heavy atom. The topological polar surface area (TPSA) is 67.4 Å². The minimum absolute atomic E-state index is 0.150. The number of hydrogen-bond donors (Lipinski definition) is 2. The van der Waals surface area contributed by atoms with Crippen molar-refractivity contribution < 1.29 is 14.3 Å². The Morgan fingerprint density at radius 2 is 1.54 bits per heavy atom. The fourth-order valence-electron chi connectivity index (χ4n) is 2.52. The molecular weight excluding hydrogens is 328 g/mol. The summed E-state index contributed by atoms with van der Waals surface area (Å²) in [5.74, 6) is 0.491. The molecule has 130 valence electrons. The van der Waals surface area contributed by atoms with Gasteiger partial charge in [0.15, 0.2) is 5.78 Å². The van der Waals surface area contributed by atoms with E-state index in [1.807, 2.05) is 6.07 Å². The quantitative estimate of drug-likeness (QED) is 0.665. The fraction of sp³-hybridized carbons (Fsp3) is 0.0476. The number of ketones is 1. The van der Waals surface area contributed by atoms with E-state index < -0.39 is 6.03 Å². The van der Waals surface area contributed by atoms with Crippen LogP contribution in [0.3, 0.4) is 0 Å². The highest BCUT2D eigenvalue weighted by Crippen LogP contribution is 2.21. The predicted molar refractivity (Wildman–Crippen MR) is 102 cm³/mol. The molecule has 0 fully saturated rings. The van der Waals surface area contributed by atoms with E-state index in [1.54, 1.807) is 79.9 Å². The van der Waals surface area contributed by atoms with E-state index in [9.17, 15) is 9.59 Å². The van der Waals surface area contributed by atoms with E-state index >= 15 is 0 Å². The molecule has 0 bridgehead atoms. The molecule has 5 heteroatoms. The number of amides is 2. The summed E-state index contributed by atoms with van der Waals surface area (Å²) >= 11 is 0. The van der Waals surface area contributed by atoms with Crippen molar-refractivity contribution in [3.05, 3.63) is 90.0 Å². The predicted octanol–water partition coefficient (Wildman–Crippen LogP) is 4.57. The molecule has 0 heterocycles. The maximum absolute atomic E-state index is 12.7. The van der Waals surface area contributed by atoms with Crippen LogP contribution < -0.4 is 15.4 Å². The van der Waals surface area contributed by atoms with Gasteiger partial charge in [0.25, 0.3) is 0 Å². The summed E-state index contributed by atoms with van der Waals surface area (Å²) < 4.78 is 5.14. The second kappa shape index (κ2) is 7.98. The lowest BCUT2D eigenvalue weighted by atomic mass is 10.0. The molecule has 3 aromatic rings. The number of rotatable bonds is 5. The van der Waals surface area contributed by atoms with Crippen LogP contribution in [0.2, 0.25) is 0 Å². The van der Waals surface area contributed by atoms with Crippen LogP contribution in [0.5, 0.6) is 5.75 Å². The molecule has 0 spiro atoms. The van der Waals surface area contributed by atoms with Gasteiger partial charge in [-0.2, -0.15) is 0 Å². The molecule has 0 aromatic heterocycles. The van der Waals surface area contributed by atoms with E-state index in [1.165, 1.54) is 0 Å². The van der Waals surface area contributed by atoms with Crippen molar-refractivity contribution in [2.45, 2.75) is 0 Å². The van der Waals surface area contributed by atoms with Gasteiger partial charge in [0.05, 0.1) is 12.8 Å². The summed E-state index contributed by atoms with van der Waals surface area (Å²) in [5, 5.41) is 5.47. The van der Waals surface area contributed by atoms with Crippen molar-refractivity contribution >= 4 is 23.2 Å².